The molecule has 4 rings (SSSR count). The van der Waals surface area contributed by atoms with Crippen molar-refractivity contribution in [2.75, 3.05) is 26.2 Å². The number of hydrogen-bond acceptors (Lipinski definition) is 4. The minimum absolute atomic E-state index is 0. The lowest BCUT2D eigenvalue weighted by molar-refractivity contribution is -0.0522. The van der Waals surface area contributed by atoms with Crippen molar-refractivity contribution >= 4 is 18.3 Å². The molecule has 0 radical (unpaired) electrons. The Bertz CT molecular complexity index is 970. The summed E-state index contributed by atoms with van der Waals surface area (Å²) in [6, 6.07) is 11.9. The van der Waals surface area contributed by atoms with Gasteiger partial charge in [-0.3, -0.25) is 4.79 Å². The van der Waals surface area contributed by atoms with Crippen LogP contribution in [-0.2, 0) is 11.2 Å². The molecule has 0 atom stereocenters. The van der Waals surface area contributed by atoms with Gasteiger partial charge in [-0.2, -0.15) is 0 Å². The molecule has 0 unspecified atom stereocenters. The Balaban J connectivity index is 0.00000289. The van der Waals surface area contributed by atoms with E-state index in [4.69, 9.17) is 15.2 Å². The predicted molar refractivity (Wildman–Crippen MR) is 125 cm³/mol. The second kappa shape index (κ2) is 10.5. The first-order valence-corrected chi connectivity index (χ1v) is 10.9. The summed E-state index contributed by atoms with van der Waals surface area (Å²) in [5.41, 5.74) is 7.79. The van der Waals surface area contributed by atoms with E-state index in [1.54, 1.807) is 4.90 Å². The maximum absolute atomic E-state index is 14.5. The molecule has 2 heterocycles. The highest BCUT2D eigenvalue weighted by Gasteiger charge is 2.37. The SMILES string of the molecule is CC1=CC2(CCN(C(=O)c3cc(Oc4ccc(CCN)cc4)ccc3F)CC2)OCC1.Cl. The Morgan fingerprint density at radius 2 is 1.84 bits per heavy atom. The Morgan fingerprint density at radius 1 is 1.16 bits per heavy atom. The third-order valence-corrected chi connectivity index (χ3v) is 6.05. The van der Waals surface area contributed by atoms with Crippen LogP contribution in [-0.4, -0.2) is 42.6 Å². The number of carbonyl (C=O) groups excluding carboxylic acids is 1. The Kier molecular flexibility index (Phi) is 7.93. The summed E-state index contributed by atoms with van der Waals surface area (Å²) in [6.45, 7) is 4.50. The minimum Gasteiger partial charge on any atom is -0.457 e. The third kappa shape index (κ3) is 5.49. The molecule has 1 amide bonds. The van der Waals surface area contributed by atoms with Crippen LogP contribution in [0.25, 0.3) is 0 Å². The lowest BCUT2D eigenvalue weighted by Gasteiger charge is -2.42. The van der Waals surface area contributed by atoms with Crippen molar-refractivity contribution in [3.8, 4) is 11.5 Å². The molecule has 0 saturated carbocycles. The number of likely N-dealkylation sites (tertiary alicyclic amines) is 1. The van der Waals surface area contributed by atoms with E-state index < -0.39 is 5.82 Å². The zero-order valence-electron chi connectivity index (χ0n) is 18.3. The van der Waals surface area contributed by atoms with Gasteiger partial charge in [0, 0.05) is 13.1 Å². The Labute approximate surface area is 194 Å². The minimum atomic E-state index is -0.541. The van der Waals surface area contributed by atoms with Crippen LogP contribution in [0.5, 0.6) is 11.5 Å². The number of halogens is 2. The normalized spacial score (nSPS) is 17.5. The molecule has 0 aromatic heterocycles. The molecule has 7 heteroatoms. The fourth-order valence-electron chi connectivity index (χ4n) is 4.28. The average Bonchev–Trinajstić information content (AvgIpc) is 2.77. The van der Waals surface area contributed by atoms with Crippen LogP contribution in [0, 0.1) is 5.82 Å². The highest BCUT2D eigenvalue weighted by molar-refractivity contribution is 5.95. The number of amides is 1. The third-order valence-electron chi connectivity index (χ3n) is 6.05. The topological polar surface area (TPSA) is 64.8 Å². The second-order valence-corrected chi connectivity index (χ2v) is 8.37. The first-order chi connectivity index (χ1) is 15.0. The van der Waals surface area contributed by atoms with Crippen LogP contribution in [0.3, 0.4) is 0 Å². The summed E-state index contributed by atoms with van der Waals surface area (Å²) in [7, 11) is 0. The van der Waals surface area contributed by atoms with Gasteiger partial charge in [-0.25, -0.2) is 4.39 Å². The van der Waals surface area contributed by atoms with Crippen molar-refractivity contribution < 1.29 is 18.7 Å². The summed E-state index contributed by atoms with van der Waals surface area (Å²) in [4.78, 5) is 14.7. The number of nitrogens with two attached hydrogens (primary N) is 1. The molecule has 0 aliphatic carbocycles. The van der Waals surface area contributed by atoms with Crippen LogP contribution >= 0.6 is 12.4 Å². The van der Waals surface area contributed by atoms with Crippen molar-refractivity contribution in [2.24, 2.45) is 5.73 Å². The number of nitrogens with zero attached hydrogens (tertiary/aromatic N) is 1. The molecule has 2 aliphatic heterocycles. The van der Waals surface area contributed by atoms with Gasteiger partial charge in [0.25, 0.3) is 5.91 Å². The van der Waals surface area contributed by atoms with Gasteiger partial charge < -0.3 is 20.1 Å². The largest absolute Gasteiger partial charge is 0.457 e. The van der Waals surface area contributed by atoms with Gasteiger partial charge in [0.1, 0.15) is 17.3 Å². The van der Waals surface area contributed by atoms with Gasteiger partial charge in [0.2, 0.25) is 0 Å². The van der Waals surface area contributed by atoms with E-state index in [1.807, 2.05) is 24.3 Å². The van der Waals surface area contributed by atoms with Crippen molar-refractivity contribution in [1.82, 2.24) is 4.90 Å². The predicted octanol–water partition coefficient (Wildman–Crippen LogP) is 4.88. The molecule has 2 aromatic carbocycles. The van der Waals surface area contributed by atoms with E-state index in [2.05, 4.69) is 13.0 Å². The van der Waals surface area contributed by atoms with Crippen LogP contribution in [0.15, 0.2) is 54.1 Å². The maximum atomic E-state index is 14.5. The molecule has 2 aromatic rings. The van der Waals surface area contributed by atoms with Crippen LogP contribution < -0.4 is 10.5 Å². The molecular weight excluding hydrogens is 431 g/mol. The summed E-state index contributed by atoms with van der Waals surface area (Å²) in [6.07, 6.45) is 5.41. The van der Waals surface area contributed by atoms with Gasteiger partial charge in [0.05, 0.1) is 17.8 Å². The summed E-state index contributed by atoms with van der Waals surface area (Å²) in [5, 5.41) is 0. The fourth-order valence-corrected chi connectivity index (χ4v) is 4.28. The Morgan fingerprint density at radius 3 is 2.50 bits per heavy atom. The van der Waals surface area contributed by atoms with Crippen molar-refractivity contribution in [1.29, 1.82) is 0 Å². The van der Waals surface area contributed by atoms with Gasteiger partial charge in [0.15, 0.2) is 0 Å². The van der Waals surface area contributed by atoms with E-state index in [9.17, 15) is 9.18 Å². The van der Waals surface area contributed by atoms with Crippen molar-refractivity contribution in [2.45, 2.75) is 38.2 Å². The Hall–Kier alpha value is -2.41. The molecule has 1 saturated heterocycles. The van der Waals surface area contributed by atoms with Gasteiger partial charge in [-0.05, 0) is 75.0 Å². The highest BCUT2D eigenvalue weighted by atomic mass is 35.5. The standard InChI is InChI=1S/C25H29FN2O3.ClH/c1-18-9-15-30-25(17-18)10-13-28(14-11-25)24(29)22-16-21(6-7-23(22)26)31-20-4-2-19(3-5-20)8-12-27;/h2-7,16-17H,8-15,27H2,1H3;1H. The highest BCUT2D eigenvalue weighted by Crippen LogP contribution is 2.34. The molecule has 1 spiro atoms. The molecule has 0 bridgehead atoms. The molecule has 2 N–H and O–H groups in total. The monoisotopic (exact) mass is 460 g/mol. The van der Waals surface area contributed by atoms with Gasteiger partial charge >= 0.3 is 0 Å². The lowest BCUT2D eigenvalue weighted by atomic mass is 9.87. The van der Waals surface area contributed by atoms with Crippen LogP contribution in [0.2, 0.25) is 0 Å². The smallest absolute Gasteiger partial charge is 0.256 e. The van der Waals surface area contributed by atoms with Gasteiger partial charge in [-0.1, -0.05) is 23.8 Å². The van der Waals surface area contributed by atoms with E-state index in [0.29, 0.717) is 31.1 Å². The quantitative estimate of drug-likeness (QED) is 0.646. The number of benzene rings is 2. The number of hydrogen-bond donors (Lipinski definition) is 1. The number of ether oxygens (including phenoxy) is 2. The number of carbonyl (C=O) groups is 1. The van der Waals surface area contributed by atoms with Crippen LogP contribution in [0.1, 0.15) is 42.1 Å². The molecule has 32 heavy (non-hydrogen) atoms. The summed E-state index contributed by atoms with van der Waals surface area (Å²) >= 11 is 0. The van der Waals surface area contributed by atoms with E-state index in [1.165, 1.54) is 23.8 Å². The fraction of sp³-hybridized carbons (Fsp3) is 0.400. The molecule has 2 aliphatic rings. The average molecular weight is 461 g/mol. The molecule has 1 fully saturated rings. The number of piperidine rings is 1. The van der Waals surface area contributed by atoms with Crippen LogP contribution in [0.4, 0.5) is 4.39 Å². The number of rotatable bonds is 5. The zero-order valence-corrected chi connectivity index (χ0v) is 19.1. The molecule has 172 valence electrons. The first-order valence-electron chi connectivity index (χ1n) is 10.9. The second-order valence-electron chi connectivity index (χ2n) is 8.37. The first kappa shape index (κ1) is 24.2. The summed E-state index contributed by atoms with van der Waals surface area (Å²) < 4.78 is 26.4. The van der Waals surface area contributed by atoms with E-state index >= 15 is 0 Å². The van der Waals surface area contributed by atoms with E-state index in [0.717, 1.165) is 37.9 Å². The maximum Gasteiger partial charge on any atom is 0.256 e. The molecular formula is C25H30ClFN2O3. The summed E-state index contributed by atoms with van der Waals surface area (Å²) in [5.74, 6) is 0.203. The van der Waals surface area contributed by atoms with Gasteiger partial charge in [-0.15, -0.1) is 12.4 Å². The zero-order chi connectivity index (χ0) is 21.8. The molecule has 5 nitrogen and oxygen atoms in total. The van der Waals surface area contributed by atoms with Crippen molar-refractivity contribution in [3.63, 3.8) is 0 Å². The van der Waals surface area contributed by atoms with E-state index in [-0.39, 0.29) is 29.5 Å². The lowest BCUT2D eigenvalue weighted by Crippen LogP contribution is -2.48. The van der Waals surface area contributed by atoms with Crippen molar-refractivity contribution in [3.05, 3.63) is 71.1 Å².